The number of methoxy groups -OCH3 is 1. The maximum Gasteiger partial charge on any atom is 0.422 e. The molecule has 3 amide bonds. The van der Waals surface area contributed by atoms with Crippen molar-refractivity contribution in [1.82, 2.24) is 30.9 Å². The van der Waals surface area contributed by atoms with E-state index in [1.54, 1.807) is 12.1 Å². The molecule has 0 aliphatic heterocycles. The van der Waals surface area contributed by atoms with Crippen LogP contribution < -0.4 is 31.3 Å². The molecule has 2 aromatic carbocycles. The molecule has 1 saturated carbocycles. The van der Waals surface area contributed by atoms with E-state index < -0.39 is 54.1 Å². The van der Waals surface area contributed by atoms with Crippen molar-refractivity contribution >= 4 is 52.9 Å². The lowest BCUT2D eigenvalue weighted by atomic mass is 10.1. The van der Waals surface area contributed by atoms with Gasteiger partial charge >= 0.3 is 30.0 Å². The molecule has 51 heavy (non-hydrogen) atoms. The molecule has 1 heterocycles. The predicted molar refractivity (Wildman–Crippen MR) is 180 cm³/mol. The van der Waals surface area contributed by atoms with Gasteiger partial charge in [0.2, 0.25) is 11.9 Å². The number of anilines is 3. The fourth-order valence-corrected chi connectivity index (χ4v) is 5.02. The van der Waals surface area contributed by atoms with Crippen molar-refractivity contribution in [1.29, 1.82) is 0 Å². The highest BCUT2D eigenvalue weighted by Crippen LogP contribution is 2.48. The Morgan fingerprint density at radius 2 is 1.55 bits per heavy atom. The van der Waals surface area contributed by atoms with Crippen molar-refractivity contribution in [3.05, 3.63) is 64.7 Å². The van der Waals surface area contributed by atoms with Crippen LogP contribution in [-0.4, -0.2) is 77.2 Å². The Labute approximate surface area is 296 Å². The highest BCUT2D eigenvalue weighted by molar-refractivity contribution is 6.35. The standard InChI is InChI=1S/C33H38ClF3N8O6/c1-4-22(5-2)39-27(48)26(47)38-17-14-24(28(49)50-3)41-25(46)19-6-12-23(13-7-19)40-29-42-30(44-31(43-29)51-18-33(35,36)37)45-32(15-16-32)20-8-10-21(34)11-9-20/h6-13,22,24H,4-5,14-18H2,1-3H3,(H,38,47)(H,39,48)(H,41,46)(H2,40,42,43,44,45). The minimum Gasteiger partial charge on any atom is -0.467 e. The topological polar surface area (TPSA) is 186 Å². The maximum atomic E-state index is 13.0. The number of amides is 3. The molecule has 0 radical (unpaired) electrons. The minimum atomic E-state index is -4.63. The van der Waals surface area contributed by atoms with Crippen molar-refractivity contribution in [2.75, 3.05) is 30.9 Å². The van der Waals surface area contributed by atoms with E-state index in [0.29, 0.717) is 36.4 Å². The molecule has 1 fully saturated rings. The van der Waals surface area contributed by atoms with Gasteiger partial charge in [-0.05, 0) is 74.1 Å². The second-order valence-corrected chi connectivity index (χ2v) is 12.1. The highest BCUT2D eigenvalue weighted by Gasteiger charge is 2.45. The van der Waals surface area contributed by atoms with Crippen LogP contribution in [0, 0.1) is 0 Å². The number of rotatable bonds is 16. The van der Waals surface area contributed by atoms with Gasteiger partial charge in [-0.1, -0.05) is 37.6 Å². The van der Waals surface area contributed by atoms with Gasteiger partial charge in [-0.2, -0.15) is 28.1 Å². The molecule has 1 aliphatic carbocycles. The maximum absolute atomic E-state index is 13.0. The second kappa shape index (κ2) is 17.2. The molecule has 1 atom stereocenters. The molecule has 4 rings (SSSR count). The van der Waals surface area contributed by atoms with Gasteiger partial charge in [-0.15, -0.1) is 0 Å². The van der Waals surface area contributed by atoms with Crippen LogP contribution in [0.15, 0.2) is 48.5 Å². The number of carbonyl (C=O) groups excluding carboxylic acids is 4. The number of halogens is 4. The number of hydrogen-bond donors (Lipinski definition) is 5. The SMILES string of the molecule is CCC(CC)NC(=O)C(=O)NCCC(NC(=O)c1ccc(Nc2nc(NC3(c4ccc(Cl)cc4)CC3)nc(OCC(F)(F)F)n2)cc1)C(=O)OC. The van der Waals surface area contributed by atoms with Gasteiger partial charge in [0.15, 0.2) is 6.61 Å². The molecule has 0 saturated heterocycles. The average molecular weight is 735 g/mol. The fourth-order valence-electron chi connectivity index (χ4n) is 4.89. The first kappa shape index (κ1) is 38.6. The summed E-state index contributed by atoms with van der Waals surface area (Å²) in [6.45, 7) is 2.05. The smallest absolute Gasteiger partial charge is 0.422 e. The third-order valence-corrected chi connectivity index (χ3v) is 8.17. The first-order valence-corrected chi connectivity index (χ1v) is 16.5. The van der Waals surface area contributed by atoms with E-state index in [9.17, 15) is 32.3 Å². The molecule has 1 unspecified atom stereocenters. The molecule has 18 heteroatoms. The van der Waals surface area contributed by atoms with E-state index >= 15 is 0 Å². The summed E-state index contributed by atoms with van der Waals surface area (Å²) in [5, 5.41) is 14.2. The molecule has 1 aliphatic rings. The van der Waals surface area contributed by atoms with Gasteiger partial charge in [-0.3, -0.25) is 14.4 Å². The third-order valence-electron chi connectivity index (χ3n) is 7.92. The summed E-state index contributed by atoms with van der Waals surface area (Å²) >= 11 is 6.02. The predicted octanol–water partition coefficient (Wildman–Crippen LogP) is 4.39. The zero-order valence-corrected chi connectivity index (χ0v) is 28.8. The van der Waals surface area contributed by atoms with Gasteiger partial charge in [-0.25, -0.2) is 4.79 Å². The normalized spacial score (nSPS) is 13.8. The van der Waals surface area contributed by atoms with Gasteiger partial charge in [0, 0.05) is 28.9 Å². The zero-order chi connectivity index (χ0) is 37.2. The Balaban J connectivity index is 1.41. The lowest BCUT2D eigenvalue weighted by Gasteiger charge is -2.19. The monoisotopic (exact) mass is 734 g/mol. The van der Waals surface area contributed by atoms with E-state index in [1.165, 1.54) is 24.3 Å². The molecule has 14 nitrogen and oxygen atoms in total. The summed E-state index contributed by atoms with van der Waals surface area (Å²) in [6.07, 6.45) is -1.94. The Morgan fingerprint density at radius 1 is 0.902 bits per heavy atom. The minimum absolute atomic E-state index is 0.0232. The number of alkyl halides is 3. The summed E-state index contributed by atoms with van der Waals surface area (Å²) in [6, 6.07) is 11.1. The van der Waals surface area contributed by atoms with Gasteiger partial charge in [0.05, 0.1) is 12.6 Å². The van der Waals surface area contributed by atoms with E-state index in [2.05, 4.69) is 41.5 Å². The van der Waals surface area contributed by atoms with Crippen LogP contribution in [-0.2, 0) is 24.7 Å². The van der Waals surface area contributed by atoms with Crippen LogP contribution >= 0.6 is 11.6 Å². The molecule has 1 aromatic heterocycles. The molecule has 0 bridgehead atoms. The summed E-state index contributed by atoms with van der Waals surface area (Å²) in [5.41, 5.74) is 0.860. The van der Waals surface area contributed by atoms with Crippen LogP contribution in [0.3, 0.4) is 0 Å². The average Bonchev–Trinajstić information content (AvgIpc) is 3.89. The van der Waals surface area contributed by atoms with E-state index in [-0.39, 0.29) is 36.5 Å². The van der Waals surface area contributed by atoms with Crippen LogP contribution in [0.1, 0.15) is 61.9 Å². The number of carbonyl (C=O) groups is 4. The Kier molecular flexibility index (Phi) is 13.0. The quantitative estimate of drug-likeness (QED) is 0.104. The molecular formula is C33H38ClF3N8O6. The zero-order valence-electron chi connectivity index (χ0n) is 28.0. The van der Waals surface area contributed by atoms with E-state index in [1.807, 2.05) is 26.0 Å². The van der Waals surface area contributed by atoms with Crippen LogP contribution in [0.5, 0.6) is 6.01 Å². The van der Waals surface area contributed by atoms with Crippen molar-refractivity contribution in [3.63, 3.8) is 0 Å². The number of nitrogens with one attached hydrogen (secondary N) is 5. The number of ether oxygens (including phenoxy) is 2. The highest BCUT2D eigenvalue weighted by atomic mass is 35.5. The summed E-state index contributed by atoms with van der Waals surface area (Å²) < 4.78 is 48.4. The molecule has 3 aromatic rings. The van der Waals surface area contributed by atoms with Gasteiger partial charge in [0.1, 0.15) is 6.04 Å². The summed E-state index contributed by atoms with van der Waals surface area (Å²) in [4.78, 5) is 62.0. The Morgan fingerprint density at radius 3 is 2.14 bits per heavy atom. The Bertz CT molecular complexity index is 1690. The van der Waals surface area contributed by atoms with Gasteiger partial charge in [0.25, 0.3) is 5.91 Å². The van der Waals surface area contributed by atoms with E-state index in [0.717, 1.165) is 12.7 Å². The van der Waals surface area contributed by atoms with Crippen molar-refractivity contribution in [2.24, 2.45) is 0 Å². The fraction of sp³-hybridized carbons (Fsp3) is 0.424. The lowest BCUT2D eigenvalue weighted by molar-refractivity contribution is -0.154. The van der Waals surface area contributed by atoms with Crippen LogP contribution in [0.25, 0.3) is 0 Å². The number of benzene rings is 2. The molecule has 5 N–H and O–H groups in total. The first-order valence-electron chi connectivity index (χ1n) is 16.1. The first-order chi connectivity index (χ1) is 24.2. The molecule has 274 valence electrons. The summed E-state index contributed by atoms with van der Waals surface area (Å²) in [7, 11) is 1.15. The van der Waals surface area contributed by atoms with Crippen molar-refractivity contribution < 1.29 is 41.8 Å². The Hall–Kier alpha value is -5.19. The van der Waals surface area contributed by atoms with Gasteiger partial charge < -0.3 is 36.1 Å². The number of nitrogens with zero attached hydrogens (tertiary/aromatic N) is 3. The second-order valence-electron chi connectivity index (χ2n) is 11.7. The number of aromatic nitrogens is 3. The largest absolute Gasteiger partial charge is 0.467 e. The number of hydrogen-bond acceptors (Lipinski definition) is 11. The lowest BCUT2D eigenvalue weighted by Crippen LogP contribution is -2.47. The third kappa shape index (κ3) is 11.4. The summed E-state index contributed by atoms with van der Waals surface area (Å²) in [5.74, 6) is -3.21. The van der Waals surface area contributed by atoms with Crippen LogP contribution in [0.2, 0.25) is 5.02 Å². The van der Waals surface area contributed by atoms with E-state index in [4.69, 9.17) is 21.1 Å². The molecule has 0 spiro atoms. The number of esters is 1. The van der Waals surface area contributed by atoms with Crippen molar-refractivity contribution in [2.45, 2.75) is 69.8 Å². The van der Waals surface area contributed by atoms with Crippen LogP contribution in [0.4, 0.5) is 30.8 Å². The molecular weight excluding hydrogens is 697 g/mol. The van der Waals surface area contributed by atoms with Crippen molar-refractivity contribution in [3.8, 4) is 6.01 Å².